The first kappa shape index (κ1) is 33.2. The van der Waals surface area contributed by atoms with Crippen LogP contribution in [-0.4, -0.2) is 19.5 Å². The Morgan fingerprint density at radius 1 is 0.339 bits per heavy atom. The van der Waals surface area contributed by atoms with E-state index in [0.717, 1.165) is 44.5 Å². The maximum Gasteiger partial charge on any atom is 0.164 e. The molecule has 264 valence electrons. The van der Waals surface area contributed by atoms with Gasteiger partial charge in [-0.25, -0.2) is 15.0 Å². The quantitative estimate of drug-likeness (QED) is 0.165. The monoisotopic (exact) mass is 716 g/mol. The Bertz CT molecular complexity index is 2950. The molecule has 4 heteroatoms. The number of fused-ring (bicyclic) bond motifs is 3. The normalized spacial score (nSPS) is 11.3. The molecule has 4 nitrogen and oxygen atoms in total. The van der Waals surface area contributed by atoms with E-state index in [9.17, 15) is 0 Å². The summed E-state index contributed by atoms with van der Waals surface area (Å²) < 4.78 is 2.42. The smallest absolute Gasteiger partial charge is 0.164 e. The highest BCUT2D eigenvalue weighted by molar-refractivity contribution is 6.17. The van der Waals surface area contributed by atoms with Crippen LogP contribution in [0.25, 0.3) is 95.0 Å². The lowest BCUT2D eigenvalue weighted by atomic mass is 9.93. The van der Waals surface area contributed by atoms with E-state index in [2.05, 4.69) is 151 Å². The molecule has 0 atom stereocenters. The third-order valence-electron chi connectivity index (χ3n) is 10.6. The van der Waals surface area contributed by atoms with Crippen molar-refractivity contribution in [1.29, 1.82) is 0 Å². The Hall–Kier alpha value is -7.43. The summed E-state index contributed by atoms with van der Waals surface area (Å²) in [6, 6.07) is 70.5. The molecule has 0 aliphatic rings. The molecule has 0 bridgehead atoms. The first-order valence-corrected chi connectivity index (χ1v) is 18.9. The summed E-state index contributed by atoms with van der Waals surface area (Å²) in [6.45, 7) is 2.19. The third-order valence-corrected chi connectivity index (χ3v) is 10.6. The molecule has 0 aliphatic carbocycles. The molecule has 0 fully saturated rings. The van der Waals surface area contributed by atoms with E-state index in [-0.39, 0.29) is 0 Å². The SMILES string of the molecule is Cc1ccc(-c2nc(-c3ccccc3)nc(-c3ccccc3)n2)cc1-c1cccc2c1c1cc(-c3ccccc3)ccc1n2-c1cccc(-c2ccccc2)c1. The summed E-state index contributed by atoms with van der Waals surface area (Å²) >= 11 is 0. The van der Waals surface area contributed by atoms with E-state index in [0.29, 0.717) is 17.5 Å². The van der Waals surface area contributed by atoms with Gasteiger partial charge in [0.15, 0.2) is 17.5 Å². The van der Waals surface area contributed by atoms with Gasteiger partial charge in [0.1, 0.15) is 0 Å². The minimum Gasteiger partial charge on any atom is -0.309 e. The van der Waals surface area contributed by atoms with Crippen LogP contribution in [-0.2, 0) is 0 Å². The summed E-state index contributed by atoms with van der Waals surface area (Å²) in [5.74, 6) is 1.93. The van der Waals surface area contributed by atoms with Gasteiger partial charge in [-0.3, -0.25) is 0 Å². The number of rotatable bonds is 7. The molecule has 0 aliphatic heterocycles. The predicted octanol–water partition coefficient (Wildman–Crippen LogP) is 13.3. The topological polar surface area (TPSA) is 43.6 Å². The van der Waals surface area contributed by atoms with Gasteiger partial charge in [-0.2, -0.15) is 0 Å². The highest BCUT2D eigenvalue weighted by Crippen LogP contribution is 2.42. The molecule has 0 unspecified atom stereocenters. The first-order chi connectivity index (χ1) is 27.7. The minimum absolute atomic E-state index is 0.637. The first-order valence-electron chi connectivity index (χ1n) is 18.9. The summed E-state index contributed by atoms with van der Waals surface area (Å²) in [4.78, 5) is 15.1. The maximum atomic E-state index is 5.07. The van der Waals surface area contributed by atoms with Crippen molar-refractivity contribution in [2.75, 3.05) is 0 Å². The van der Waals surface area contributed by atoms with E-state index in [4.69, 9.17) is 15.0 Å². The van der Waals surface area contributed by atoms with Crippen molar-refractivity contribution in [3.63, 3.8) is 0 Å². The van der Waals surface area contributed by atoms with Gasteiger partial charge < -0.3 is 4.57 Å². The zero-order chi connectivity index (χ0) is 37.4. The number of nitrogens with zero attached hydrogens (tertiary/aromatic N) is 4. The zero-order valence-corrected chi connectivity index (χ0v) is 30.8. The van der Waals surface area contributed by atoms with Gasteiger partial charge in [0.05, 0.1) is 11.0 Å². The molecular weight excluding hydrogens is 681 g/mol. The Morgan fingerprint density at radius 3 is 1.45 bits per heavy atom. The summed E-state index contributed by atoms with van der Waals surface area (Å²) in [6.07, 6.45) is 0. The fraction of sp³-hybridized carbons (Fsp3) is 0.0192. The number of benzene rings is 8. The Morgan fingerprint density at radius 2 is 0.839 bits per heavy atom. The fourth-order valence-corrected chi connectivity index (χ4v) is 7.83. The van der Waals surface area contributed by atoms with Crippen LogP contribution in [0.4, 0.5) is 0 Å². The molecule has 56 heavy (non-hydrogen) atoms. The van der Waals surface area contributed by atoms with Gasteiger partial charge in [0, 0.05) is 33.2 Å². The molecular formula is C52H36N4. The van der Waals surface area contributed by atoms with Crippen molar-refractivity contribution in [2.24, 2.45) is 0 Å². The lowest BCUT2D eigenvalue weighted by molar-refractivity contribution is 1.07. The molecule has 8 aromatic carbocycles. The average molecular weight is 717 g/mol. The maximum absolute atomic E-state index is 5.07. The van der Waals surface area contributed by atoms with E-state index in [1.54, 1.807) is 0 Å². The van der Waals surface area contributed by atoms with E-state index in [1.165, 1.54) is 38.6 Å². The highest BCUT2D eigenvalue weighted by atomic mass is 15.0. The lowest BCUT2D eigenvalue weighted by Crippen LogP contribution is -2.00. The average Bonchev–Trinajstić information content (AvgIpc) is 3.62. The van der Waals surface area contributed by atoms with Crippen LogP contribution in [0.2, 0.25) is 0 Å². The molecule has 0 radical (unpaired) electrons. The Kier molecular flexibility index (Phi) is 8.34. The van der Waals surface area contributed by atoms with Crippen LogP contribution in [0.3, 0.4) is 0 Å². The molecule has 10 aromatic rings. The van der Waals surface area contributed by atoms with Gasteiger partial charge in [0.25, 0.3) is 0 Å². The van der Waals surface area contributed by atoms with Gasteiger partial charge in [0.2, 0.25) is 0 Å². The largest absolute Gasteiger partial charge is 0.309 e. The van der Waals surface area contributed by atoms with Crippen molar-refractivity contribution >= 4 is 21.8 Å². The molecule has 0 saturated heterocycles. The lowest BCUT2D eigenvalue weighted by Gasteiger charge is -2.13. The minimum atomic E-state index is 0.637. The predicted molar refractivity (Wildman–Crippen MR) is 232 cm³/mol. The van der Waals surface area contributed by atoms with Gasteiger partial charge >= 0.3 is 0 Å². The van der Waals surface area contributed by atoms with Crippen molar-refractivity contribution in [2.45, 2.75) is 6.92 Å². The highest BCUT2D eigenvalue weighted by Gasteiger charge is 2.20. The molecule has 0 saturated carbocycles. The Labute approximate surface area is 326 Å². The van der Waals surface area contributed by atoms with Gasteiger partial charge in [-0.1, -0.05) is 164 Å². The molecule has 0 amide bonds. The molecule has 10 rings (SSSR count). The second-order valence-electron chi connectivity index (χ2n) is 14.1. The van der Waals surface area contributed by atoms with Crippen molar-refractivity contribution in [1.82, 2.24) is 19.5 Å². The van der Waals surface area contributed by atoms with Crippen LogP contribution >= 0.6 is 0 Å². The van der Waals surface area contributed by atoms with E-state index < -0.39 is 0 Å². The summed E-state index contributed by atoms with van der Waals surface area (Å²) in [5, 5.41) is 2.40. The third kappa shape index (κ3) is 6.04. The van der Waals surface area contributed by atoms with Crippen LogP contribution in [0.5, 0.6) is 0 Å². The van der Waals surface area contributed by atoms with Crippen LogP contribution in [0.1, 0.15) is 5.56 Å². The van der Waals surface area contributed by atoms with Crippen molar-refractivity contribution < 1.29 is 0 Å². The zero-order valence-electron chi connectivity index (χ0n) is 30.8. The number of hydrogen-bond donors (Lipinski definition) is 0. The van der Waals surface area contributed by atoms with Crippen molar-refractivity contribution in [3.05, 3.63) is 206 Å². The summed E-state index contributed by atoms with van der Waals surface area (Å²) in [5.41, 5.74) is 14.5. The molecule has 0 N–H and O–H groups in total. The van der Waals surface area contributed by atoms with Gasteiger partial charge in [-0.15, -0.1) is 0 Å². The van der Waals surface area contributed by atoms with Crippen LogP contribution < -0.4 is 0 Å². The molecule has 2 heterocycles. The standard InChI is InChI=1S/C52H36N4/c1-35-28-29-42(52-54-50(38-20-10-4-11-21-38)53-51(55-52)39-22-12-5-13-23-39)34-45(35)44-26-15-27-48-49(44)46-33-41(37-18-8-3-9-19-37)30-31-47(46)56(48)43-25-14-24-40(32-43)36-16-6-2-7-17-36/h2-34H,1H3. The van der Waals surface area contributed by atoms with Crippen LogP contribution in [0.15, 0.2) is 200 Å². The molecule has 0 spiro atoms. The van der Waals surface area contributed by atoms with E-state index >= 15 is 0 Å². The van der Waals surface area contributed by atoms with Crippen molar-refractivity contribution in [3.8, 4) is 73.2 Å². The summed E-state index contributed by atoms with van der Waals surface area (Å²) in [7, 11) is 0. The van der Waals surface area contributed by atoms with E-state index in [1.807, 2.05) is 60.7 Å². The molecule has 2 aromatic heterocycles. The number of aryl methyl sites for hydroxylation is 1. The number of hydrogen-bond acceptors (Lipinski definition) is 3. The van der Waals surface area contributed by atoms with Gasteiger partial charge in [-0.05, 0) is 82.3 Å². The fourth-order valence-electron chi connectivity index (χ4n) is 7.83. The number of aromatic nitrogens is 4. The second-order valence-corrected chi connectivity index (χ2v) is 14.1. The second kappa shape index (κ2) is 14.1. The Balaban J connectivity index is 1.20. The van der Waals surface area contributed by atoms with Crippen LogP contribution in [0, 0.1) is 6.92 Å².